The number of rotatable bonds is 7. The maximum atomic E-state index is 13.9. The minimum Gasteiger partial charge on any atom is -0.465 e. The maximum absolute atomic E-state index is 13.9. The van der Waals surface area contributed by atoms with Gasteiger partial charge in [-0.25, -0.2) is 9.79 Å². The lowest BCUT2D eigenvalue weighted by Gasteiger charge is -2.16. The topological polar surface area (TPSA) is 63.9 Å². The number of benzene rings is 3. The van der Waals surface area contributed by atoms with E-state index in [1.807, 2.05) is 73.0 Å². The zero-order valence-corrected chi connectivity index (χ0v) is 24.8. The molecule has 1 aliphatic rings. The van der Waals surface area contributed by atoms with Crippen LogP contribution in [0.15, 0.2) is 88.8 Å². The van der Waals surface area contributed by atoms with Crippen molar-refractivity contribution in [1.29, 1.82) is 0 Å². The molecule has 4 aromatic rings. The van der Waals surface area contributed by atoms with Crippen LogP contribution in [0.25, 0.3) is 11.8 Å². The molecule has 3 aromatic carbocycles. The number of ether oxygens (including phenoxy) is 1. The van der Waals surface area contributed by atoms with E-state index < -0.39 is 5.97 Å². The first-order valence-corrected chi connectivity index (χ1v) is 14.5. The Labute approximate surface area is 245 Å². The number of carbonyl (C=O) groups is 2. The predicted molar refractivity (Wildman–Crippen MR) is 168 cm³/mol. The molecule has 1 saturated heterocycles. The predicted octanol–water partition coefficient (Wildman–Crippen LogP) is 7.81. The third-order valence-electron chi connectivity index (χ3n) is 7.29. The molecule has 0 saturated carbocycles. The number of aromatic nitrogens is 1. The van der Waals surface area contributed by atoms with Crippen LogP contribution in [0.5, 0.6) is 0 Å². The number of esters is 1. The molecule has 0 aliphatic carbocycles. The van der Waals surface area contributed by atoms with Crippen LogP contribution in [-0.2, 0) is 22.4 Å². The molecule has 1 aromatic heterocycles. The molecule has 0 unspecified atom stereocenters. The number of amidine groups is 1. The number of methoxy groups -OCH3 is 1. The molecule has 1 fully saturated rings. The van der Waals surface area contributed by atoms with Gasteiger partial charge in [-0.3, -0.25) is 9.69 Å². The third kappa shape index (κ3) is 5.63. The number of nitrogens with zero attached hydrogens (tertiary/aromatic N) is 3. The average molecular weight is 564 g/mol. The van der Waals surface area contributed by atoms with Gasteiger partial charge >= 0.3 is 5.97 Å². The molecule has 0 radical (unpaired) electrons. The monoisotopic (exact) mass is 563 g/mol. The van der Waals surface area contributed by atoms with Crippen LogP contribution in [0.1, 0.15) is 52.3 Å². The molecule has 1 amide bonds. The summed E-state index contributed by atoms with van der Waals surface area (Å²) in [5.41, 5.74) is 7.99. The molecular formula is C34H33N3O3S. The zero-order chi connectivity index (χ0) is 29.1. The van der Waals surface area contributed by atoms with Gasteiger partial charge in [0.05, 0.1) is 34.6 Å². The number of anilines is 1. The van der Waals surface area contributed by atoms with E-state index in [1.54, 1.807) is 11.0 Å². The first kappa shape index (κ1) is 28.2. The number of carbonyl (C=O) groups excluding carboxylic acids is 2. The van der Waals surface area contributed by atoms with E-state index in [0.29, 0.717) is 15.6 Å². The largest absolute Gasteiger partial charge is 0.465 e. The number of amides is 1. The molecule has 2 heterocycles. The second kappa shape index (κ2) is 12.0. The van der Waals surface area contributed by atoms with Crippen molar-refractivity contribution in [2.24, 2.45) is 4.99 Å². The van der Waals surface area contributed by atoms with Crippen molar-refractivity contribution in [3.05, 3.63) is 117 Å². The molecule has 208 valence electrons. The number of thioether (sulfide) groups is 1. The van der Waals surface area contributed by atoms with Crippen molar-refractivity contribution < 1.29 is 14.3 Å². The lowest BCUT2D eigenvalue weighted by molar-refractivity contribution is -0.113. The van der Waals surface area contributed by atoms with Crippen molar-refractivity contribution in [3.63, 3.8) is 0 Å². The van der Waals surface area contributed by atoms with Crippen LogP contribution < -0.4 is 4.90 Å². The minimum atomic E-state index is -0.396. The molecule has 0 N–H and O–H groups in total. The highest BCUT2D eigenvalue weighted by molar-refractivity contribution is 8.19. The summed E-state index contributed by atoms with van der Waals surface area (Å²) in [5.74, 6) is -0.518. The van der Waals surface area contributed by atoms with E-state index in [9.17, 15) is 9.59 Å². The average Bonchev–Trinajstić information content (AvgIpc) is 3.46. The highest BCUT2D eigenvalue weighted by Crippen LogP contribution is 2.38. The number of aryl methyl sites for hydroxylation is 3. The van der Waals surface area contributed by atoms with E-state index in [4.69, 9.17) is 9.73 Å². The fourth-order valence-corrected chi connectivity index (χ4v) is 5.96. The number of hydrogen-bond acceptors (Lipinski definition) is 5. The molecule has 0 atom stereocenters. The lowest BCUT2D eigenvalue weighted by atomic mass is 10.1. The smallest absolute Gasteiger partial charge is 0.339 e. The van der Waals surface area contributed by atoms with Crippen molar-refractivity contribution in [2.45, 2.75) is 40.5 Å². The van der Waals surface area contributed by atoms with Crippen molar-refractivity contribution in [2.75, 3.05) is 12.0 Å². The molecule has 0 spiro atoms. The van der Waals surface area contributed by atoms with Gasteiger partial charge in [0.25, 0.3) is 5.91 Å². The third-order valence-corrected chi connectivity index (χ3v) is 8.25. The Morgan fingerprint density at radius 3 is 2.20 bits per heavy atom. The van der Waals surface area contributed by atoms with E-state index >= 15 is 0 Å². The van der Waals surface area contributed by atoms with Gasteiger partial charge in [-0.1, -0.05) is 50.2 Å². The van der Waals surface area contributed by atoms with Crippen LogP contribution in [0.4, 0.5) is 11.4 Å². The summed E-state index contributed by atoms with van der Waals surface area (Å²) in [7, 11) is 1.38. The van der Waals surface area contributed by atoms with Gasteiger partial charge in [-0.05, 0) is 104 Å². The minimum absolute atomic E-state index is 0.122. The SMILES string of the molecule is CCc1ccc(N=C2S/C(=C\c3cc(C)n(-c4ccccc4C(=O)OC)c3C)C(=O)N2c2ccc(CC)cc2)cc1. The first-order valence-electron chi connectivity index (χ1n) is 13.7. The lowest BCUT2D eigenvalue weighted by Crippen LogP contribution is -2.28. The molecule has 41 heavy (non-hydrogen) atoms. The highest BCUT2D eigenvalue weighted by atomic mass is 32.2. The summed E-state index contributed by atoms with van der Waals surface area (Å²) >= 11 is 1.37. The number of hydrogen-bond donors (Lipinski definition) is 0. The molecule has 6 nitrogen and oxygen atoms in total. The maximum Gasteiger partial charge on any atom is 0.339 e. The normalized spacial score (nSPS) is 15.2. The summed E-state index contributed by atoms with van der Waals surface area (Å²) in [6.45, 7) is 8.21. The van der Waals surface area contributed by atoms with Crippen LogP contribution in [0.2, 0.25) is 0 Å². The van der Waals surface area contributed by atoms with E-state index in [0.717, 1.165) is 46.9 Å². The molecule has 7 heteroatoms. The van der Waals surface area contributed by atoms with Crippen LogP contribution in [0, 0.1) is 13.8 Å². The van der Waals surface area contributed by atoms with Crippen LogP contribution in [-0.4, -0.2) is 28.7 Å². The fraction of sp³-hybridized carbons (Fsp3) is 0.206. The molecule has 0 bridgehead atoms. The van der Waals surface area contributed by atoms with Crippen molar-refractivity contribution >= 4 is 46.3 Å². The van der Waals surface area contributed by atoms with E-state index in [1.165, 1.54) is 30.0 Å². The second-order valence-electron chi connectivity index (χ2n) is 9.86. The van der Waals surface area contributed by atoms with Crippen LogP contribution >= 0.6 is 11.8 Å². The highest BCUT2D eigenvalue weighted by Gasteiger charge is 2.35. The number of para-hydroxylation sites is 1. The molecule has 1 aliphatic heterocycles. The summed E-state index contributed by atoms with van der Waals surface area (Å²) in [6, 6.07) is 25.6. The summed E-state index contributed by atoms with van der Waals surface area (Å²) in [4.78, 5) is 33.6. The standard InChI is InChI=1S/C34H33N3O3S/c1-6-24-12-16-27(17-13-24)35-34-37(28-18-14-25(7-2)15-19-28)32(38)31(41-34)21-26-20-22(3)36(23(26)4)30-11-9-8-10-29(30)33(39)40-5/h8-21H,6-7H2,1-5H3/b31-21-,35-34?. The van der Waals surface area contributed by atoms with Gasteiger partial charge in [-0.15, -0.1) is 0 Å². The summed E-state index contributed by atoms with van der Waals surface area (Å²) in [5, 5.41) is 0.611. The Morgan fingerprint density at radius 2 is 1.56 bits per heavy atom. The van der Waals surface area contributed by atoms with Gasteiger partial charge in [0.15, 0.2) is 5.17 Å². The Morgan fingerprint density at radius 1 is 0.927 bits per heavy atom. The van der Waals surface area contributed by atoms with Gasteiger partial charge in [-0.2, -0.15) is 0 Å². The Bertz CT molecular complexity index is 1660. The van der Waals surface area contributed by atoms with E-state index in [2.05, 4.69) is 38.1 Å². The fourth-order valence-electron chi connectivity index (χ4n) is 4.97. The Kier molecular flexibility index (Phi) is 8.26. The van der Waals surface area contributed by atoms with Crippen molar-refractivity contribution in [3.8, 4) is 5.69 Å². The Balaban J connectivity index is 1.57. The quantitative estimate of drug-likeness (QED) is 0.170. The van der Waals surface area contributed by atoms with Crippen LogP contribution in [0.3, 0.4) is 0 Å². The van der Waals surface area contributed by atoms with Gasteiger partial charge in [0.2, 0.25) is 0 Å². The Hall–Kier alpha value is -4.36. The first-order chi connectivity index (χ1) is 19.8. The summed E-state index contributed by atoms with van der Waals surface area (Å²) in [6.07, 6.45) is 3.80. The van der Waals surface area contributed by atoms with Gasteiger partial charge in [0, 0.05) is 11.4 Å². The zero-order valence-electron chi connectivity index (χ0n) is 24.0. The molecular weight excluding hydrogens is 530 g/mol. The summed E-state index contributed by atoms with van der Waals surface area (Å²) < 4.78 is 7.04. The second-order valence-corrected chi connectivity index (χ2v) is 10.9. The van der Waals surface area contributed by atoms with Gasteiger partial charge in [0.1, 0.15) is 0 Å². The van der Waals surface area contributed by atoms with E-state index in [-0.39, 0.29) is 5.91 Å². The van der Waals surface area contributed by atoms with Crippen molar-refractivity contribution in [1.82, 2.24) is 4.57 Å². The van der Waals surface area contributed by atoms with Gasteiger partial charge < -0.3 is 9.30 Å². The molecule has 5 rings (SSSR count). The number of aliphatic imine (C=N–C) groups is 1.